The van der Waals surface area contributed by atoms with E-state index in [1.54, 1.807) is 7.11 Å². The summed E-state index contributed by atoms with van der Waals surface area (Å²) in [7, 11) is 1.63. The predicted molar refractivity (Wildman–Crippen MR) is 87.1 cm³/mol. The third-order valence-electron chi connectivity index (χ3n) is 3.70. The van der Waals surface area contributed by atoms with E-state index in [-0.39, 0.29) is 6.61 Å². The van der Waals surface area contributed by atoms with E-state index in [2.05, 4.69) is 5.32 Å². The summed E-state index contributed by atoms with van der Waals surface area (Å²) in [6, 6.07) is 15.2. The van der Waals surface area contributed by atoms with E-state index < -0.39 is 5.54 Å². The monoisotopic (exact) mass is 305 g/mol. The van der Waals surface area contributed by atoms with Crippen LogP contribution in [-0.4, -0.2) is 18.8 Å². The van der Waals surface area contributed by atoms with E-state index in [9.17, 15) is 5.11 Å². The maximum atomic E-state index is 9.97. The van der Waals surface area contributed by atoms with Gasteiger partial charge >= 0.3 is 0 Å². The van der Waals surface area contributed by atoms with E-state index >= 15 is 0 Å². The lowest BCUT2D eigenvalue weighted by Crippen LogP contribution is -2.38. The maximum absolute atomic E-state index is 9.97. The van der Waals surface area contributed by atoms with Gasteiger partial charge in [-0.1, -0.05) is 36.7 Å². The Morgan fingerprint density at radius 1 is 1.19 bits per heavy atom. The molecule has 0 saturated heterocycles. The second-order valence-electron chi connectivity index (χ2n) is 4.96. The minimum Gasteiger partial charge on any atom is -0.497 e. The van der Waals surface area contributed by atoms with E-state index in [0.29, 0.717) is 5.02 Å². The maximum Gasteiger partial charge on any atom is 0.120 e. The molecule has 1 atom stereocenters. The summed E-state index contributed by atoms with van der Waals surface area (Å²) < 4.78 is 5.24. The highest BCUT2D eigenvalue weighted by Crippen LogP contribution is 2.32. The Bertz CT molecular complexity index is 597. The first-order valence-electron chi connectivity index (χ1n) is 6.92. The van der Waals surface area contributed by atoms with Crippen LogP contribution < -0.4 is 10.1 Å². The molecule has 0 bridgehead atoms. The molecular weight excluding hydrogens is 286 g/mol. The Labute approximate surface area is 130 Å². The molecule has 0 aliphatic rings. The number of rotatable bonds is 6. The molecule has 4 heteroatoms. The molecule has 0 fully saturated rings. The molecule has 0 aromatic heterocycles. The van der Waals surface area contributed by atoms with Gasteiger partial charge in [0.05, 0.1) is 19.3 Å². The smallest absolute Gasteiger partial charge is 0.120 e. The molecule has 0 spiro atoms. The number of hydrogen-bond acceptors (Lipinski definition) is 3. The SMILES string of the molecule is CCC(CO)(Nc1cccc(OC)c1)c1cccc(Cl)c1. The lowest BCUT2D eigenvalue weighted by molar-refractivity contribution is 0.207. The molecule has 0 saturated carbocycles. The lowest BCUT2D eigenvalue weighted by atomic mass is 9.87. The van der Waals surface area contributed by atoms with Gasteiger partial charge in [0.25, 0.3) is 0 Å². The Morgan fingerprint density at radius 2 is 1.95 bits per heavy atom. The van der Waals surface area contributed by atoms with Crippen LogP contribution in [0.25, 0.3) is 0 Å². The molecule has 0 aliphatic heterocycles. The van der Waals surface area contributed by atoms with Crippen molar-refractivity contribution in [3.05, 3.63) is 59.1 Å². The fraction of sp³-hybridized carbons (Fsp3) is 0.294. The highest BCUT2D eigenvalue weighted by molar-refractivity contribution is 6.30. The molecule has 112 valence electrons. The van der Waals surface area contributed by atoms with Crippen molar-refractivity contribution in [1.29, 1.82) is 0 Å². The minimum atomic E-state index is -0.572. The fourth-order valence-electron chi connectivity index (χ4n) is 2.37. The van der Waals surface area contributed by atoms with Gasteiger partial charge in [0, 0.05) is 16.8 Å². The van der Waals surface area contributed by atoms with Gasteiger partial charge in [-0.3, -0.25) is 0 Å². The number of ether oxygens (including phenoxy) is 1. The zero-order valence-electron chi connectivity index (χ0n) is 12.3. The van der Waals surface area contributed by atoms with Crippen molar-refractivity contribution in [3.8, 4) is 5.75 Å². The molecule has 2 aromatic rings. The number of halogens is 1. The zero-order chi connectivity index (χ0) is 15.3. The number of methoxy groups -OCH3 is 1. The van der Waals surface area contributed by atoms with Crippen LogP contribution in [0.5, 0.6) is 5.75 Å². The summed E-state index contributed by atoms with van der Waals surface area (Å²) >= 11 is 6.09. The average molecular weight is 306 g/mol. The highest BCUT2D eigenvalue weighted by Gasteiger charge is 2.29. The zero-order valence-corrected chi connectivity index (χ0v) is 13.0. The normalized spacial score (nSPS) is 13.5. The molecule has 0 heterocycles. The summed E-state index contributed by atoms with van der Waals surface area (Å²) in [5, 5.41) is 14.1. The van der Waals surface area contributed by atoms with E-state index in [4.69, 9.17) is 16.3 Å². The van der Waals surface area contributed by atoms with Crippen molar-refractivity contribution in [2.75, 3.05) is 19.0 Å². The lowest BCUT2D eigenvalue weighted by Gasteiger charge is -2.34. The van der Waals surface area contributed by atoms with Gasteiger partial charge in [0.15, 0.2) is 0 Å². The predicted octanol–water partition coefficient (Wildman–Crippen LogP) is 4.06. The molecule has 2 N–H and O–H groups in total. The van der Waals surface area contributed by atoms with Gasteiger partial charge in [-0.25, -0.2) is 0 Å². The fourth-order valence-corrected chi connectivity index (χ4v) is 2.56. The summed E-state index contributed by atoms with van der Waals surface area (Å²) in [6.45, 7) is 2.01. The van der Waals surface area contributed by atoms with Crippen LogP contribution in [0.15, 0.2) is 48.5 Å². The van der Waals surface area contributed by atoms with Crippen molar-refractivity contribution >= 4 is 17.3 Å². The van der Waals surface area contributed by atoms with Crippen molar-refractivity contribution < 1.29 is 9.84 Å². The van der Waals surface area contributed by atoms with Gasteiger partial charge in [0.1, 0.15) is 5.75 Å². The molecule has 2 aromatic carbocycles. The number of nitrogens with one attached hydrogen (secondary N) is 1. The van der Waals surface area contributed by atoms with E-state index in [0.717, 1.165) is 23.4 Å². The molecule has 0 aliphatic carbocycles. The number of anilines is 1. The van der Waals surface area contributed by atoms with Gasteiger partial charge in [-0.2, -0.15) is 0 Å². The first-order valence-corrected chi connectivity index (χ1v) is 7.30. The molecule has 21 heavy (non-hydrogen) atoms. The van der Waals surface area contributed by atoms with Crippen LogP contribution in [0.4, 0.5) is 5.69 Å². The van der Waals surface area contributed by atoms with Crippen LogP contribution in [0.2, 0.25) is 5.02 Å². The number of aliphatic hydroxyl groups excluding tert-OH is 1. The van der Waals surface area contributed by atoms with E-state index in [1.165, 1.54) is 0 Å². The summed E-state index contributed by atoms with van der Waals surface area (Å²) in [5.74, 6) is 0.772. The van der Waals surface area contributed by atoms with Crippen LogP contribution in [0.1, 0.15) is 18.9 Å². The van der Waals surface area contributed by atoms with E-state index in [1.807, 2.05) is 55.5 Å². The van der Waals surface area contributed by atoms with Crippen molar-refractivity contribution in [1.82, 2.24) is 0 Å². The Kier molecular flexibility index (Phi) is 5.10. The van der Waals surface area contributed by atoms with Crippen LogP contribution in [-0.2, 0) is 5.54 Å². The van der Waals surface area contributed by atoms with Gasteiger partial charge in [0.2, 0.25) is 0 Å². The van der Waals surface area contributed by atoms with Crippen LogP contribution >= 0.6 is 11.6 Å². The van der Waals surface area contributed by atoms with Crippen molar-refractivity contribution in [2.45, 2.75) is 18.9 Å². The number of aliphatic hydroxyl groups is 1. The highest BCUT2D eigenvalue weighted by atomic mass is 35.5. The van der Waals surface area contributed by atoms with Gasteiger partial charge in [-0.15, -0.1) is 0 Å². The summed E-state index contributed by atoms with van der Waals surface area (Å²) in [6.07, 6.45) is 0.723. The molecular formula is C17H20ClNO2. The Balaban J connectivity index is 2.38. The van der Waals surface area contributed by atoms with Crippen molar-refractivity contribution in [2.24, 2.45) is 0 Å². The Hall–Kier alpha value is -1.71. The van der Waals surface area contributed by atoms with Gasteiger partial charge in [-0.05, 0) is 36.2 Å². The third kappa shape index (κ3) is 3.49. The summed E-state index contributed by atoms with van der Waals surface area (Å²) in [4.78, 5) is 0. The minimum absolute atomic E-state index is 0.0267. The number of benzene rings is 2. The standard InChI is InChI=1S/C17H20ClNO2/c1-3-17(12-20,13-6-4-7-14(18)10-13)19-15-8-5-9-16(11-15)21-2/h4-11,19-20H,3,12H2,1-2H3. The first kappa shape index (κ1) is 15.7. The second kappa shape index (κ2) is 6.83. The summed E-state index contributed by atoms with van der Waals surface area (Å²) in [5.41, 5.74) is 1.28. The van der Waals surface area contributed by atoms with Crippen molar-refractivity contribution in [3.63, 3.8) is 0 Å². The Morgan fingerprint density at radius 3 is 2.57 bits per heavy atom. The second-order valence-corrected chi connectivity index (χ2v) is 5.40. The average Bonchev–Trinajstić information content (AvgIpc) is 2.53. The quantitative estimate of drug-likeness (QED) is 0.845. The molecule has 2 rings (SSSR count). The molecule has 3 nitrogen and oxygen atoms in total. The van der Waals surface area contributed by atoms with Gasteiger partial charge < -0.3 is 15.2 Å². The number of hydrogen-bond donors (Lipinski definition) is 2. The van der Waals surface area contributed by atoms with Crippen LogP contribution in [0, 0.1) is 0 Å². The third-order valence-corrected chi connectivity index (χ3v) is 3.94. The molecule has 0 radical (unpaired) electrons. The largest absolute Gasteiger partial charge is 0.497 e. The molecule has 1 unspecified atom stereocenters. The first-order chi connectivity index (χ1) is 10.1. The van der Waals surface area contributed by atoms with Crippen LogP contribution in [0.3, 0.4) is 0 Å². The topological polar surface area (TPSA) is 41.5 Å². The molecule has 0 amide bonds.